The molecule has 0 saturated heterocycles. The number of ketones is 1. The van der Waals surface area contributed by atoms with Crippen LogP contribution in [0, 0.1) is 11.6 Å². The molecule has 5 nitrogen and oxygen atoms in total. The van der Waals surface area contributed by atoms with E-state index in [1.165, 1.54) is 24.3 Å². The molecule has 0 unspecified atom stereocenters. The van der Waals surface area contributed by atoms with Gasteiger partial charge in [-0.3, -0.25) is 9.59 Å². The van der Waals surface area contributed by atoms with Crippen molar-refractivity contribution in [1.82, 2.24) is 5.32 Å². The Balaban J connectivity index is 1.55. The highest BCUT2D eigenvalue weighted by Gasteiger charge is 2.28. The van der Waals surface area contributed by atoms with E-state index in [0.717, 1.165) is 23.6 Å². The summed E-state index contributed by atoms with van der Waals surface area (Å²) in [6.45, 7) is 4.13. The number of hydrogen-bond donors (Lipinski definition) is 2. The number of halogens is 2. The molecule has 174 valence electrons. The second kappa shape index (κ2) is 9.09. The summed E-state index contributed by atoms with van der Waals surface area (Å²) in [4.78, 5) is 25.3. The van der Waals surface area contributed by atoms with Crippen LogP contribution in [0.2, 0.25) is 0 Å². The summed E-state index contributed by atoms with van der Waals surface area (Å²) in [5.74, 6) is -2.60. The van der Waals surface area contributed by atoms with Gasteiger partial charge in [-0.25, -0.2) is 8.78 Å². The zero-order chi connectivity index (χ0) is 24.5. The van der Waals surface area contributed by atoms with Crippen molar-refractivity contribution in [3.05, 3.63) is 101 Å². The van der Waals surface area contributed by atoms with Crippen LogP contribution >= 0.6 is 0 Å². The molecule has 7 heteroatoms. The third-order valence-corrected chi connectivity index (χ3v) is 5.61. The van der Waals surface area contributed by atoms with Crippen LogP contribution in [-0.2, 0) is 6.42 Å². The van der Waals surface area contributed by atoms with Gasteiger partial charge in [-0.1, -0.05) is 12.1 Å². The van der Waals surface area contributed by atoms with Crippen molar-refractivity contribution < 1.29 is 23.1 Å². The minimum atomic E-state index is -1.21. The van der Waals surface area contributed by atoms with Crippen LogP contribution < -0.4 is 15.4 Å². The highest BCUT2D eigenvalue weighted by molar-refractivity contribution is 6.09. The number of anilines is 1. The molecule has 0 radical (unpaired) electrons. The molecule has 3 aromatic rings. The maximum absolute atomic E-state index is 13.9. The van der Waals surface area contributed by atoms with Crippen molar-refractivity contribution >= 4 is 23.1 Å². The Morgan fingerprint density at radius 2 is 1.79 bits per heavy atom. The fourth-order valence-corrected chi connectivity index (χ4v) is 3.96. The summed E-state index contributed by atoms with van der Waals surface area (Å²) in [5, 5.41) is 5.94. The summed E-state index contributed by atoms with van der Waals surface area (Å²) < 4.78 is 32.6. The average molecular weight is 462 g/mol. The number of allylic oxidation sites excluding steroid dienone is 1. The molecule has 0 aromatic heterocycles. The summed E-state index contributed by atoms with van der Waals surface area (Å²) in [5.41, 5.74) is 2.87. The number of carbonyl (C=O) groups excluding carboxylic acids is 2. The second-order valence-corrected chi connectivity index (χ2v) is 8.76. The highest BCUT2D eigenvalue weighted by atomic mass is 19.2. The largest absolute Gasteiger partial charge is 0.497 e. The van der Waals surface area contributed by atoms with E-state index in [4.69, 9.17) is 4.74 Å². The summed E-state index contributed by atoms with van der Waals surface area (Å²) in [7, 11) is 1.60. The summed E-state index contributed by atoms with van der Waals surface area (Å²) >= 11 is 0. The Hall–Kier alpha value is -4.00. The Morgan fingerprint density at radius 1 is 1.06 bits per heavy atom. The Labute approximate surface area is 196 Å². The normalized spacial score (nSPS) is 15.3. The molecular weight excluding hydrogens is 438 g/mol. The number of ether oxygens (including phenoxy) is 1. The van der Waals surface area contributed by atoms with Crippen molar-refractivity contribution in [3.8, 4) is 5.75 Å². The standard InChI is InChI=1S/C27H24F2N2O3/c1-27(2)15-17-9-12-19(34-3)13-21(17)23(31-27)14-24(32)16-7-10-18(11-8-16)30-26(33)20-5-4-6-22(28)25(20)29/h4-14,31H,15H2,1-3H3,(H,30,33)/b23-14-. The molecule has 4 rings (SSSR count). The van der Waals surface area contributed by atoms with Crippen molar-refractivity contribution in [3.63, 3.8) is 0 Å². The number of amides is 1. The lowest BCUT2D eigenvalue weighted by Crippen LogP contribution is -2.43. The molecule has 0 bridgehead atoms. The van der Waals surface area contributed by atoms with E-state index in [0.29, 0.717) is 22.7 Å². The molecule has 0 spiro atoms. The van der Waals surface area contributed by atoms with Gasteiger partial charge in [0.15, 0.2) is 17.4 Å². The Bertz CT molecular complexity index is 1300. The first-order valence-corrected chi connectivity index (χ1v) is 10.7. The molecule has 0 saturated carbocycles. The molecule has 34 heavy (non-hydrogen) atoms. The monoisotopic (exact) mass is 462 g/mol. The van der Waals surface area contributed by atoms with Crippen molar-refractivity contribution in [2.45, 2.75) is 25.8 Å². The van der Waals surface area contributed by atoms with Crippen molar-refractivity contribution in [2.24, 2.45) is 0 Å². The number of methoxy groups -OCH3 is 1. The fourth-order valence-electron chi connectivity index (χ4n) is 3.96. The Morgan fingerprint density at radius 3 is 2.50 bits per heavy atom. The lowest BCUT2D eigenvalue weighted by Gasteiger charge is -2.35. The van der Waals surface area contributed by atoms with Crippen LogP contribution in [0.1, 0.15) is 45.7 Å². The fraction of sp³-hybridized carbons (Fsp3) is 0.185. The van der Waals surface area contributed by atoms with Crippen LogP contribution in [0.5, 0.6) is 5.75 Å². The zero-order valence-corrected chi connectivity index (χ0v) is 19.0. The van der Waals surface area contributed by atoms with Crippen molar-refractivity contribution in [1.29, 1.82) is 0 Å². The molecule has 0 aliphatic carbocycles. The van der Waals surface area contributed by atoms with Crippen LogP contribution in [-0.4, -0.2) is 24.3 Å². The number of carbonyl (C=O) groups is 2. The molecule has 2 N–H and O–H groups in total. The smallest absolute Gasteiger partial charge is 0.258 e. The van der Waals surface area contributed by atoms with Gasteiger partial charge in [0.05, 0.1) is 12.7 Å². The molecule has 1 aliphatic heterocycles. The molecule has 1 aliphatic rings. The van der Waals surface area contributed by atoms with Gasteiger partial charge in [0.25, 0.3) is 5.91 Å². The third-order valence-electron chi connectivity index (χ3n) is 5.61. The number of rotatable bonds is 5. The van der Waals surface area contributed by atoms with Gasteiger partial charge in [-0.05, 0) is 74.4 Å². The maximum atomic E-state index is 13.9. The minimum Gasteiger partial charge on any atom is -0.497 e. The SMILES string of the molecule is COc1ccc2c(c1)/C(=C/C(=O)c1ccc(NC(=O)c3cccc(F)c3F)cc1)NC(C)(C)C2. The van der Waals surface area contributed by atoms with Crippen molar-refractivity contribution in [2.75, 3.05) is 12.4 Å². The molecule has 3 aromatic carbocycles. The zero-order valence-electron chi connectivity index (χ0n) is 19.0. The van der Waals surface area contributed by atoms with Gasteiger partial charge in [0.2, 0.25) is 0 Å². The van der Waals surface area contributed by atoms with E-state index in [-0.39, 0.29) is 11.3 Å². The lowest BCUT2D eigenvalue weighted by atomic mass is 9.85. The van der Waals surface area contributed by atoms with Gasteiger partial charge < -0.3 is 15.4 Å². The van der Waals surface area contributed by atoms with Gasteiger partial charge >= 0.3 is 0 Å². The molecular formula is C27H24F2N2O3. The highest BCUT2D eigenvalue weighted by Crippen LogP contribution is 2.32. The van der Waals surface area contributed by atoms with Gasteiger partial charge in [0.1, 0.15) is 5.75 Å². The predicted molar refractivity (Wildman–Crippen MR) is 127 cm³/mol. The topological polar surface area (TPSA) is 67.4 Å². The van der Waals surface area contributed by atoms with E-state index < -0.39 is 23.1 Å². The molecule has 0 fully saturated rings. The van der Waals surface area contributed by atoms with Gasteiger partial charge in [-0.2, -0.15) is 0 Å². The quantitative estimate of drug-likeness (QED) is 0.395. The first kappa shape index (κ1) is 23.2. The number of fused-ring (bicyclic) bond motifs is 1. The first-order chi connectivity index (χ1) is 16.2. The minimum absolute atomic E-state index is 0.219. The molecule has 1 heterocycles. The number of hydrogen-bond acceptors (Lipinski definition) is 4. The summed E-state index contributed by atoms with van der Waals surface area (Å²) in [6, 6.07) is 15.4. The molecule has 1 amide bonds. The van der Waals surface area contributed by atoms with Crippen LogP contribution in [0.3, 0.4) is 0 Å². The van der Waals surface area contributed by atoms with Gasteiger partial charge in [0, 0.05) is 34.1 Å². The Kier molecular flexibility index (Phi) is 6.20. The summed E-state index contributed by atoms with van der Waals surface area (Å²) in [6.07, 6.45) is 2.35. The number of nitrogens with one attached hydrogen (secondary N) is 2. The molecule has 0 atom stereocenters. The maximum Gasteiger partial charge on any atom is 0.258 e. The van der Waals surface area contributed by atoms with Crippen LogP contribution in [0.4, 0.5) is 14.5 Å². The van der Waals surface area contributed by atoms with E-state index >= 15 is 0 Å². The van der Waals surface area contributed by atoms with E-state index in [9.17, 15) is 18.4 Å². The van der Waals surface area contributed by atoms with E-state index in [1.807, 2.05) is 18.2 Å². The lowest BCUT2D eigenvalue weighted by molar-refractivity contribution is 0.102. The van der Waals surface area contributed by atoms with Gasteiger partial charge in [-0.15, -0.1) is 0 Å². The average Bonchev–Trinajstić information content (AvgIpc) is 2.80. The van der Waals surface area contributed by atoms with Crippen LogP contribution in [0.15, 0.2) is 66.7 Å². The predicted octanol–water partition coefficient (Wildman–Crippen LogP) is 5.37. The first-order valence-electron chi connectivity index (χ1n) is 10.7. The van der Waals surface area contributed by atoms with Crippen LogP contribution in [0.25, 0.3) is 5.70 Å². The van der Waals surface area contributed by atoms with E-state index in [2.05, 4.69) is 24.5 Å². The number of benzene rings is 3. The van der Waals surface area contributed by atoms with E-state index in [1.54, 1.807) is 25.3 Å². The second-order valence-electron chi connectivity index (χ2n) is 8.76. The third kappa shape index (κ3) is 4.83.